The van der Waals surface area contributed by atoms with Gasteiger partial charge in [-0.2, -0.15) is 5.10 Å². The molecule has 0 aliphatic heterocycles. The van der Waals surface area contributed by atoms with Gasteiger partial charge in [-0.15, -0.1) is 0 Å². The molecule has 0 spiro atoms. The summed E-state index contributed by atoms with van der Waals surface area (Å²) in [6.07, 6.45) is -0.306. The van der Waals surface area contributed by atoms with Crippen LogP contribution in [0.4, 0.5) is 20.1 Å². The van der Waals surface area contributed by atoms with E-state index in [9.17, 15) is 72.4 Å². The summed E-state index contributed by atoms with van der Waals surface area (Å²) in [4.78, 5) is 182. The quantitative estimate of drug-likeness (QED) is 0.00285. The SMILES string of the molecule is CC(C)=NNC(=O)[C@H](CSSC(C)(C)C)NC(=O)[C@H](CC(C)C)NC(=O)[C@H](Cc1ccccc1)NC(=O)OC(C)(C)C.CC(C)C[C@H](NC(=O)[C@H](Cc1ccccc1)NC(=O)OC(C)(C)C)C(=O)N[C@@H](CSSC(C)(C)C)C(=O)NN.CNC(=O)CCCOc1cc([N+](=O)[O-])c(C(C)NNC(=O)[C@H](CSSC(C)(C)C)NC(=O)[C@H](CC(C)C)NC(=O)[C@H](Cc2ccccc2)NC(=O)OC(C)(C)C)cc1OC. The largest absolute Gasteiger partial charge is 0.493 e. The highest BCUT2D eigenvalue weighted by Crippen LogP contribution is 2.40. The van der Waals surface area contributed by atoms with Crippen molar-refractivity contribution in [3.63, 3.8) is 0 Å². The molecule has 4 rings (SSSR count). The summed E-state index contributed by atoms with van der Waals surface area (Å²) in [5, 5.41) is 43.4. The molecule has 0 fully saturated rings. The fraction of sp³-hybridized carbons (Fsp3) is 0.612. The van der Waals surface area contributed by atoms with E-state index in [1.807, 2.05) is 174 Å². The summed E-state index contributed by atoms with van der Waals surface area (Å²) in [6.45, 7) is 50.6. The maximum atomic E-state index is 14.0. The molecule has 0 aromatic heterocycles. The maximum absolute atomic E-state index is 14.0. The van der Waals surface area contributed by atoms with Crippen LogP contribution < -0.4 is 90.2 Å². The molecule has 0 radical (unpaired) electrons. The molecule has 37 nitrogen and oxygen atoms in total. The molecule has 0 saturated carbocycles. The fourth-order valence-electron chi connectivity index (χ4n) is 12.2. The number of nitro benzene ring substituents is 1. The van der Waals surface area contributed by atoms with Crippen molar-refractivity contribution in [1.82, 2.24) is 74.9 Å². The molecular formula is C98H157N17O20S6. The molecule has 4 aromatic carbocycles. The van der Waals surface area contributed by atoms with E-state index in [-0.39, 0.29) is 111 Å². The third kappa shape index (κ3) is 57.2. The van der Waals surface area contributed by atoms with Gasteiger partial charge in [-0.1, -0.05) is 260 Å². The first-order valence-electron chi connectivity index (χ1n) is 46.8. The number of nitrogens with two attached hydrogens (primary N) is 1. The van der Waals surface area contributed by atoms with Crippen LogP contribution in [0, 0.1) is 27.9 Å². The van der Waals surface area contributed by atoms with Crippen molar-refractivity contribution in [2.75, 3.05) is 38.0 Å². The number of alkyl carbamates (subject to hydrolysis) is 3. The third-order valence-electron chi connectivity index (χ3n) is 18.4. The van der Waals surface area contributed by atoms with Gasteiger partial charge in [-0.05, 0) is 149 Å². The number of ether oxygens (including phenoxy) is 5. The molecule has 790 valence electrons. The molecular weight excluding hydrogens is 1930 g/mol. The maximum Gasteiger partial charge on any atom is 0.408 e. The fourth-order valence-corrected chi connectivity index (χ4v) is 19.6. The Kier molecular flexibility index (Phi) is 56.4. The molecule has 0 heterocycles. The van der Waals surface area contributed by atoms with Gasteiger partial charge in [-0.25, -0.2) is 31.1 Å². The number of methoxy groups -OCH3 is 1. The van der Waals surface area contributed by atoms with E-state index in [0.29, 0.717) is 30.7 Å². The zero-order valence-electron chi connectivity index (χ0n) is 87.4. The molecule has 10 atom stereocenters. The first-order valence-corrected chi connectivity index (χ1v) is 53.8. The Bertz CT molecular complexity index is 4660. The van der Waals surface area contributed by atoms with Gasteiger partial charge < -0.3 is 76.9 Å². The molecule has 0 aliphatic carbocycles. The lowest BCUT2D eigenvalue weighted by molar-refractivity contribution is -0.385. The number of carbonyl (C=O) groups excluding carboxylic acids is 13. The average Bonchev–Trinajstić information content (AvgIpc) is 0.807. The lowest BCUT2D eigenvalue weighted by atomic mass is 10.0. The Morgan fingerprint density at radius 2 is 0.730 bits per heavy atom. The van der Waals surface area contributed by atoms with Crippen molar-refractivity contribution in [2.45, 2.75) is 330 Å². The van der Waals surface area contributed by atoms with Crippen molar-refractivity contribution in [2.24, 2.45) is 28.7 Å². The van der Waals surface area contributed by atoms with E-state index in [4.69, 9.17) is 29.5 Å². The van der Waals surface area contributed by atoms with E-state index < -0.39 is 154 Å². The summed E-state index contributed by atoms with van der Waals surface area (Å²) in [5.41, 5.74) is 10.7. The number of benzene rings is 4. The normalized spacial score (nSPS) is 13.8. The first kappa shape index (κ1) is 127. The van der Waals surface area contributed by atoms with Gasteiger partial charge in [0, 0.05) is 69.9 Å². The highest BCUT2D eigenvalue weighted by Gasteiger charge is 2.38. The number of hydrazone groups is 1. The van der Waals surface area contributed by atoms with Crippen LogP contribution in [0.3, 0.4) is 0 Å². The number of amides is 13. The monoisotopic (exact) mass is 2080 g/mol. The van der Waals surface area contributed by atoms with Crippen molar-refractivity contribution < 1.29 is 90.9 Å². The molecule has 0 saturated heterocycles. The third-order valence-corrected chi connectivity index (χ3v) is 28.5. The second kappa shape index (κ2) is 62.6. The lowest BCUT2D eigenvalue weighted by Crippen LogP contribution is -2.59. The number of rotatable bonds is 50. The van der Waals surface area contributed by atoms with Gasteiger partial charge in [0.25, 0.3) is 23.4 Å². The minimum absolute atomic E-state index is 0.0402. The minimum Gasteiger partial charge on any atom is -0.493 e. The summed E-state index contributed by atoms with van der Waals surface area (Å²) < 4.78 is 27.1. The molecule has 1 unspecified atom stereocenters. The number of nitro groups is 1. The first-order chi connectivity index (χ1) is 65.4. The van der Waals surface area contributed by atoms with Crippen LogP contribution in [0.15, 0.2) is 108 Å². The Morgan fingerprint density at radius 3 is 1.01 bits per heavy atom. The van der Waals surface area contributed by atoms with Crippen LogP contribution in [-0.2, 0) is 81.4 Å². The van der Waals surface area contributed by atoms with Crippen LogP contribution in [0.25, 0.3) is 0 Å². The van der Waals surface area contributed by atoms with Crippen LogP contribution >= 0.6 is 64.8 Å². The van der Waals surface area contributed by atoms with E-state index >= 15 is 0 Å². The van der Waals surface area contributed by atoms with Gasteiger partial charge >= 0.3 is 18.3 Å². The zero-order chi connectivity index (χ0) is 107. The molecule has 141 heavy (non-hydrogen) atoms. The number of carbonyl (C=O) groups is 13. The lowest BCUT2D eigenvalue weighted by Gasteiger charge is -2.27. The molecule has 16 N–H and O–H groups in total. The zero-order valence-corrected chi connectivity index (χ0v) is 92.3. The number of hydrogen-bond acceptors (Lipinski definition) is 29. The Hall–Kier alpha value is -9.92. The van der Waals surface area contributed by atoms with Crippen molar-refractivity contribution >= 4 is 154 Å². The topological polar surface area (TPSA) is 518 Å². The van der Waals surface area contributed by atoms with Gasteiger partial charge in [0.1, 0.15) is 71.2 Å². The van der Waals surface area contributed by atoms with Crippen molar-refractivity contribution in [3.05, 3.63) is 135 Å². The molecule has 13 amide bonds. The van der Waals surface area contributed by atoms with E-state index in [0.717, 1.165) is 16.7 Å². The molecule has 0 bridgehead atoms. The van der Waals surface area contributed by atoms with E-state index in [1.54, 1.807) is 105 Å². The van der Waals surface area contributed by atoms with Crippen LogP contribution in [-0.4, -0.2) is 211 Å². The van der Waals surface area contributed by atoms with Crippen molar-refractivity contribution in [3.8, 4) is 11.5 Å². The Balaban J connectivity index is 0.000000738. The summed E-state index contributed by atoms with van der Waals surface area (Å²) >= 11 is 0. The standard InChI is InChI=1S/C41H63N7O10S2.C30H49N5O5S2.C27H45N5O5S2/c1-25(2)20-29(43-37(51)30(21-27-16-13-12-14-17-27)45-39(53)58-40(4,5)6)36(50)44-31(24-59-60-41(7,8)9)38(52)47-46-26(3)28-22-33(56-11)34(23-32(28)48(54)55)57-19-15-18-35(49)42-10;1-19(2)16-22(25(36)32-24(18-41-42-30(8,9)10)27(38)35-34-20(3)4)31-26(37)23(17-21-14-12-11-13-15-21)33-28(39)40-29(5,6)7;1-17(2)14-19(22(33)30-21(24(35)32-28)16-38-39-27(6,7)8)29-23(34)20(15-18-12-10-9-11-13-18)31-25(36)37-26(3,4)5/h12-14,16-17,22-23,25-26,29-31,46H,15,18-21,24H2,1-11H3,(H,42,49)(H,43,51)(H,44,50)(H,45,53)(H,47,52);11-15,19,22-24H,16-18H2,1-10H3,(H,31,37)(H,32,36)(H,33,39)(H,35,38);9-13,17,19-21H,14-16,28H2,1-8H3,(H,29,34)(H,30,33)(H,31,36)(H,32,35)/t26?,29-,30-,31-;22-,23-,24-;19-,20-,21-/m000/s1. The highest BCUT2D eigenvalue weighted by atomic mass is 33.1. The predicted molar refractivity (Wildman–Crippen MR) is 567 cm³/mol. The smallest absolute Gasteiger partial charge is 0.408 e. The van der Waals surface area contributed by atoms with Gasteiger partial charge in [0.15, 0.2) is 11.5 Å². The van der Waals surface area contributed by atoms with Gasteiger partial charge in [-0.3, -0.25) is 68.9 Å². The summed E-state index contributed by atoms with van der Waals surface area (Å²) in [5.74, 6) is 1.37. The molecule has 4 aromatic rings. The average molecular weight is 2090 g/mol. The minimum atomic E-state index is -1.11. The van der Waals surface area contributed by atoms with Crippen LogP contribution in [0.1, 0.15) is 247 Å². The van der Waals surface area contributed by atoms with Crippen molar-refractivity contribution in [1.29, 1.82) is 0 Å². The Labute approximate surface area is 857 Å². The predicted octanol–water partition coefficient (Wildman–Crippen LogP) is 13.7. The van der Waals surface area contributed by atoms with E-state index in [2.05, 4.69) is 101 Å². The highest BCUT2D eigenvalue weighted by molar-refractivity contribution is 8.77. The molecule has 0 aliphatic rings. The van der Waals surface area contributed by atoms with Gasteiger partial charge in [0.2, 0.25) is 41.4 Å². The summed E-state index contributed by atoms with van der Waals surface area (Å²) in [7, 11) is 11.9. The Morgan fingerprint density at radius 1 is 0.418 bits per heavy atom. The second-order valence-electron chi connectivity index (χ2n) is 40.7. The second-order valence-corrected chi connectivity index (χ2v) is 50.2. The van der Waals surface area contributed by atoms with E-state index in [1.165, 1.54) is 69.5 Å². The number of hydrazine groups is 2. The summed E-state index contributed by atoms with van der Waals surface area (Å²) in [6, 6.07) is 20.5. The van der Waals surface area contributed by atoms with Crippen LogP contribution in [0.2, 0.25) is 0 Å². The van der Waals surface area contributed by atoms with Crippen LogP contribution in [0.5, 0.6) is 11.5 Å². The van der Waals surface area contributed by atoms with Gasteiger partial charge in [0.05, 0.1) is 36.3 Å². The number of hydrogen-bond donors (Lipinski definition) is 15. The number of nitrogens with zero attached hydrogens (tertiary/aromatic N) is 2. The molecule has 43 heteroatoms. The number of nitrogens with one attached hydrogen (secondary N) is 14.